The van der Waals surface area contributed by atoms with Crippen LogP contribution >= 0.6 is 11.8 Å². The summed E-state index contributed by atoms with van der Waals surface area (Å²) in [4.78, 5) is 35.2. The van der Waals surface area contributed by atoms with Gasteiger partial charge in [-0.2, -0.15) is 0 Å². The fourth-order valence-electron chi connectivity index (χ4n) is 3.78. The van der Waals surface area contributed by atoms with Crippen molar-refractivity contribution in [3.05, 3.63) is 64.7 Å². The number of carbonyl (C=O) groups excluding carboxylic acids is 1. The highest BCUT2D eigenvalue weighted by Crippen LogP contribution is 2.26. The third-order valence-corrected chi connectivity index (χ3v) is 6.61. The van der Waals surface area contributed by atoms with Gasteiger partial charge in [-0.25, -0.2) is 9.37 Å². The van der Waals surface area contributed by atoms with Gasteiger partial charge in [0.05, 0.1) is 21.8 Å². The minimum atomic E-state index is -0.438. The average Bonchev–Trinajstić information content (AvgIpc) is 2.79. The van der Waals surface area contributed by atoms with Gasteiger partial charge in [-0.15, -0.1) is 0 Å². The summed E-state index contributed by atoms with van der Waals surface area (Å²) < 4.78 is 15.3. The topological polar surface area (TPSA) is 58.4 Å². The summed E-state index contributed by atoms with van der Waals surface area (Å²) in [6.07, 6.45) is 0. The smallest absolute Gasteiger partial charge is 0.266 e. The van der Waals surface area contributed by atoms with E-state index in [2.05, 4.69) is 16.8 Å². The number of thioether (sulfide) groups is 1. The van der Waals surface area contributed by atoms with Crippen LogP contribution in [-0.2, 0) is 4.79 Å². The van der Waals surface area contributed by atoms with Crippen molar-refractivity contribution >= 4 is 28.6 Å². The molecule has 3 aromatic rings. The number of aromatic nitrogens is 2. The van der Waals surface area contributed by atoms with Crippen molar-refractivity contribution in [1.29, 1.82) is 0 Å². The molecule has 1 saturated heterocycles. The fourth-order valence-corrected chi connectivity index (χ4v) is 4.80. The lowest BCUT2D eigenvalue weighted by molar-refractivity contribution is -0.132. The molecule has 31 heavy (non-hydrogen) atoms. The second kappa shape index (κ2) is 9.20. The quantitative estimate of drug-likeness (QED) is 0.451. The number of benzene rings is 2. The van der Waals surface area contributed by atoms with Crippen LogP contribution in [0, 0.1) is 5.82 Å². The summed E-state index contributed by atoms with van der Waals surface area (Å²) in [5.41, 5.74) is 0.663. The first-order valence-electron chi connectivity index (χ1n) is 10.4. The Labute approximate surface area is 184 Å². The molecule has 8 heteroatoms. The van der Waals surface area contributed by atoms with Crippen molar-refractivity contribution in [1.82, 2.24) is 19.4 Å². The number of likely N-dealkylation sites (N-methyl/N-ethyl adjacent to an activating group) is 1. The Balaban J connectivity index is 1.69. The van der Waals surface area contributed by atoms with Crippen molar-refractivity contribution < 1.29 is 9.18 Å². The van der Waals surface area contributed by atoms with E-state index >= 15 is 0 Å². The summed E-state index contributed by atoms with van der Waals surface area (Å²) in [6.45, 7) is 8.04. The molecule has 6 nitrogen and oxygen atoms in total. The van der Waals surface area contributed by atoms with Gasteiger partial charge < -0.3 is 9.80 Å². The molecule has 1 aliphatic heterocycles. The van der Waals surface area contributed by atoms with Crippen LogP contribution in [0.2, 0.25) is 0 Å². The van der Waals surface area contributed by atoms with E-state index in [1.54, 1.807) is 30.3 Å². The Morgan fingerprint density at radius 3 is 2.58 bits per heavy atom. The van der Waals surface area contributed by atoms with Gasteiger partial charge in [-0.3, -0.25) is 14.2 Å². The van der Waals surface area contributed by atoms with Crippen LogP contribution in [0.5, 0.6) is 0 Å². The number of carbonyl (C=O) groups is 1. The van der Waals surface area contributed by atoms with Crippen LogP contribution in [0.1, 0.15) is 13.8 Å². The van der Waals surface area contributed by atoms with E-state index in [-0.39, 0.29) is 11.5 Å². The zero-order valence-corrected chi connectivity index (χ0v) is 18.4. The predicted molar refractivity (Wildman–Crippen MR) is 121 cm³/mol. The Morgan fingerprint density at radius 1 is 1.13 bits per heavy atom. The molecule has 0 N–H and O–H groups in total. The van der Waals surface area contributed by atoms with Crippen LogP contribution in [0.25, 0.3) is 16.6 Å². The molecule has 0 bridgehead atoms. The number of rotatable bonds is 5. The van der Waals surface area contributed by atoms with Crippen molar-refractivity contribution in [2.45, 2.75) is 24.3 Å². The molecule has 2 heterocycles. The SMILES string of the molecule is CCN1CCN(C(=O)C(C)Sc2nc3ccccc3c(=O)n2-c2cccc(F)c2)CC1. The second-order valence-corrected chi connectivity index (χ2v) is 8.86. The first-order valence-corrected chi connectivity index (χ1v) is 11.3. The van der Waals surface area contributed by atoms with Gasteiger partial charge in [-0.05, 0) is 43.8 Å². The molecule has 1 atom stereocenters. The number of hydrogen-bond acceptors (Lipinski definition) is 5. The van der Waals surface area contributed by atoms with Gasteiger partial charge >= 0.3 is 0 Å². The number of nitrogens with zero attached hydrogens (tertiary/aromatic N) is 4. The monoisotopic (exact) mass is 440 g/mol. The minimum absolute atomic E-state index is 0.0222. The number of piperazine rings is 1. The molecule has 162 valence electrons. The van der Waals surface area contributed by atoms with Crippen LogP contribution in [0.4, 0.5) is 4.39 Å². The molecule has 4 rings (SSSR count). The molecule has 0 spiro atoms. The van der Waals surface area contributed by atoms with E-state index in [0.29, 0.717) is 34.8 Å². The van der Waals surface area contributed by atoms with Crippen molar-refractivity contribution in [2.24, 2.45) is 0 Å². The Bertz CT molecular complexity index is 1160. The van der Waals surface area contributed by atoms with E-state index in [4.69, 9.17) is 0 Å². The summed E-state index contributed by atoms with van der Waals surface area (Å²) in [6, 6.07) is 12.9. The Kier molecular flexibility index (Phi) is 6.38. The predicted octanol–water partition coefficient (Wildman–Crippen LogP) is 3.17. The lowest BCUT2D eigenvalue weighted by Gasteiger charge is -2.35. The van der Waals surface area contributed by atoms with E-state index in [9.17, 15) is 14.0 Å². The highest BCUT2D eigenvalue weighted by Gasteiger charge is 2.27. The fraction of sp³-hybridized carbons (Fsp3) is 0.348. The van der Waals surface area contributed by atoms with Gasteiger partial charge in [0.15, 0.2) is 5.16 Å². The highest BCUT2D eigenvalue weighted by atomic mass is 32.2. The lowest BCUT2D eigenvalue weighted by Crippen LogP contribution is -2.50. The molecule has 1 unspecified atom stereocenters. The third kappa shape index (κ3) is 4.50. The van der Waals surface area contributed by atoms with Crippen LogP contribution in [-0.4, -0.2) is 63.2 Å². The largest absolute Gasteiger partial charge is 0.339 e. The lowest BCUT2D eigenvalue weighted by atomic mass is 10.2. The van der Waals surface area contributed by atoms with Gasteiger partial charge in [0.2, 0.25) is 5.91 Å². The molecule has 0 saturated carbocycles. The maximum Gasteiger partial charge on any atom is 0.266 e. The number of amides is 1. The van der Waals surface area contributed by atoms with Crippen LogP contribution in [0.3, 0.4) is 0 Å². The maximum atomic E-state index is 13.9. The summed E-state index contributed by atoms with van der Waals surface area (Å²) in [7, 11) is 0. The van der Waals surface area contributed by atoms with Gasteiger partial charge in [0.25, 0.3) is 5.56 Å². The van der Waals surface area contributed by atoms with Crippen molar-refractivity contribution in [2.75, 3.05) is 32.7 Å². The standard InChI is InChI=1S/C23H25FN4O2S/c1-3-26-11-13-27(14-12-26)21(29)16(2)31-23-25-20-10-5-4-9-19(20)22(30)28(23)18-8-6-7-17(24)15-18/h4-10,15-16H,3,11-14H2,1-2H3. The molecule has 1 aromatic heterocycles. The van der Waals surface area contributed by atoms with Crippen molar-refractivity contribution in [3.8, 4) is 5.69 Å². The van der Waals surface area contributed by atoms with Gasteiger partial charge in [0.1, 0.15) is 5.82 Å². The second-order valence-electron chi connectivity index (χ2n) is 7.55. The minimum Gasteiger partial charge on any atom is -0.339 e. The number of para-hydroxylation sites is 1. The van der Waals surface area contributed by atoms with Gasteiger partial charge in [-0.1, -0.05) is 36.9 Å². The normalized spacial score (nSPS) is 15.9. The van der Waals surface area contributed by atoms with Gasteiger partial charge in [0, 0.05) is 26.2 Å². The first-order chi connectivity index (χ1) is 15.0. The Morgan fingerprint density at radius 2 is 1.87 bits per heavy atom. The van der Waals surface area contributed by atoms with Crippen LogP contribution < -0.4 is 5.56 Å². The average molecular weight is 441 g/mol. The van der Waals surface area contributed by atoms with Crippen molar-refractivity contribution in [3.63, 3.8) is 0 Å². The molecular weight excluding hydrogens is 415 g/mol. The van der Waals surface area contributed by atoms with E-state index in [1.165, 1.54) is 28.5 Å². The van der Waals surface area contributed by atoms with E-state index in [0.717, 1.165) is 19.6 Å². The van der Waals surface area contributed by atoms with Crippen LogP contribution in [0.15, 0.2) is 58.5 Å². The molecule has 0 radical (unpaired) electrons. The number of hydrogen-bond donors (Lipinski definition) is 0. The molecule has 1 fully saturated rings. The summed E-state index contributed by atoms with van der Waals surface area (Å²) in [5, 5.41) is 0.397. The number of halogens is 1. The molecular formula is C23H25FN4O2S. The molecule has 0 aliphatic carbocycles. The first kappa shape index (κ1) is 21.5. The maximum absolute atomic E-state index is 13.9. The molecule has 1 aliphatic rings. The summed E-state index contributed by atoms with van der Waals surface area (Å²) in [5.74, 6) is -0.416. The van der Waals surface area contributed by atoms with E-state index in [1.807, 2.05) is 17.9 Å². The number of fused-ring (bicyclic) bond motifs is 1. The Hall–Kier alpha value is -2.71. The third-order valence-electron chi connectivity index (χ3n) is 5.57. The summed E-state index contributed by atoms with van der Waals surface area (Å²) >= 11 is 1.23. The highest BCUT2D eigenvalue weighted by molar-refractivity contribution is 8.00. The zero-order chi connectivity index (χ0) is 22.0. The molecule has 2 aromatic carbocycles. The molecule has 1 amide bonds. The zero-order valence-electron chi connectivity index (χ0n) is 17.6. The van der Waals surface area contributed by atoms with E-state index < -0.39 is 11.1 Å².